The molecule has 6 heterocycles. The van der Waals surface area contributed by atoms with Gasteiger partial charge >= 0.3 is 5.69 Å². The molecular formula is C21H29N7O2S. The molecule has 3 saturated heterocycles. The van der Waals surface area contributed by atoms with Crippen LogP contribution >= 0.6 is 11.9 Å². The maximum absolute atomic E-state index is 12.9. The number of hydrogen-bond acceptors (Lipinski definition) is 7. The molecular weight excluding hydrogens is 414 g/mol. The topological polar surface area (TPSA) is 88.1 Å². The number of carbonyl (C=O) groups is 1. The van der Waals surface area contributed by atoms with Gasteiger partial charge in [-0.1, -0.05) is 20.8 Å². The zero-order valence-corrected chi connectivity index (χ0v) is 19.3. The smallest absolute Gasteiger partial charge is 0.330 e. The number of nitrogens with zero attached hydrogens (tertiary/aromatic N) is 7. The van der Waals surface area contributed by atoms with Crippen molar-refractivity contribution in [3.8, 4) is 0 Å². The van der Waals surface area contributed by atoms with E-state index in [1.165, 1.54) is 11.9 Å². The summed E-state index contributed by atoms with van der Waals surface area (Å²) in [5.74, 6) is 1.64. The molecule has 10 heteroatoms. The molecule has 31 heavy (non-hydrogen) atoms. The molecule has 3 atom stereocenters. The SMILES string of the molecule is Cn1c(=O)n(CC(C)(C)C)c2ccc(N3CC4CCC3CN4C(=O)C3CSN=N3)nc21. The number of anilines is 1. The summed E-state index contributed by atoms with van der Waals surface area (Å²) in [5.41, 5.74) is 1.55. The molecule has 0 aliphatic carbocycles. The first-order valence-corrected chi connectivity index (χ1v) is 11.8. The fourth-order valence-electron chi connectivity index (χ4n) is 4.97. The molecule has 0 saturated carbocycles. The van der Waals surface area contributed by atoms with Crippen molar-refractivity contribution in [2.45, 2.75) is 58.3 Å². The van der Waals surface area contributed by atoms with Crippen LogP contribution in [0, 0.1) is 5.41 Å². The Bertz CT molecular complexity index is 1120. The lowest BCUT2D eigenvalue weighted by Gasteiger charge is -2.52. The number of piperidine rings is 2. The standard InChI is InChI=1S/C21H29N7O2S/c1-21(2,3)12-28-16-7-8-17(22-18(16)25(4)20(28)30)26-9-14-6-5-13(26)10-27(14)19(29)15-11-31-24-23-15/h7-8,13-15H,5-6,9-12H2,1-4H3. The van der Waals surface area contributed by atoms with Gasteiger partial charge in [0.2, 0.25) is 0 Å². The van der Waals surface area contributed by atoms with E-state index < -0.39 is 0 Å². The summed E-state index contributed by atoms with van der Waals surface area (Å²) in [7, 11) is 1.79. The number of carbonyl (C=O) groups excluding carboxylic acids is 1. The van der Waals surface area contributed by atoms with Crippen LogP contribution in [0.1, 0.15) is 33.6 Å². The Morgan fingerprint density at radius 2 is 1.97 bits per heavy atom. The van der Waals surface area contributed by atoms with Gasteiger partial charge in [-0.3, -0.25) is 13.9 Å². The number of imidazole rings is 1. The van der Waals surface area contributed by atoms with Gasteiger partial charge in [-0.05, 0) is 30.4 Å². The van der Waals surface area contributed by atoms with E-state index in [0.29, 0.717) is 24.5 Å². The summed E-state index contributed by atoms with van der Waals surface area (Å²) in [5, 5.41) is 4.09. The number of pyridine rings is 1. The van der Waals surface area contributed by atoms with E-state index in [0.717, 1.165) is 30.7 Å². The van der Waals surface area contributed by atoms with Gasteiger partial charge in [0.1, 0.15) is 5.82 Å². The van der Waals surface area contributed by atoms with Gasteiger partial charge < -0.3 is 9.80 Å². The lowest BCUT2D eigenvalue weighted by atomic mass is 9.90. The fraction of sp³-hybridized carbons (Fsp3) is 0.667. The Labute approximate surface area is 185 Å². The second kappa shape index (κ2) is 7.36. The minimum Gasteiger partial charge on any atom is -0.350 e. The van der Waals surface area contributed by atoms with Gasteiger partial charge in [0.15, 0.2) is 11.7 Å². The zero-order chi connectivity index (χ0) is 21.9. The van der Waals surface area contributed by atoms with Crippen LogP contribution in [0.3, 0.4) is 0 Å². The van der Waals surface area contributed by atoms with Crippen LogP contribution in [0.25, 0.3) is 11.2 Å². The van der Waals surface area contributed by atoms with Crippen LogP contribution in [-0.4, -0.2) is 61.9 Å². The fourth-order valence-corrected chi connectivity index (χ4v) is 5.57. The van der Waals surface area contributed by atoms with Crippen molar-refractivity contribution >= 4 is 34.8 Å². The maximum atomic E-state index is 12.9. The van der Waals surface area contributed by atoms with Crippen molar-refractivity contribution < 1.29 is 4.79 Å². The molecule has 9 nitrogen and oxygen atoms in total. The number of fused-ring (bicyclic) bond motifs is 4. The van der Waals surface area contributed by atoms with Crippen molar-refractivity contribution in [1.82, 2.24) is 19.0 Å². The van der Waals surface area contributed by atoms with Crippen LogP contribution in [0.15, 0.2) is 26.6 Å². The number of amides is 1. The second-order valence-electron chi connectivity index (χ2n) is 10.0. The van der Waals surface area contributed by atoms with E-state index in [2.05, 4.69) is 35.3 Å². The highest BCUT2D eigenvalue weighted by molar-refractivity contribution is 7.98. The van der Waals surface area contributed by atoms with Gasteiger partial charge in [0.05, 0.1) is 11.3 Å². The molecule has 2 bridgehead atoms. The lowest BCUT2D eigenvalue weighted by Crippen LogP contribution is -2.65. The molecule has 166 valence electrons. The van der Waals surface area contributed by atoms with Crippen LogP contribution in [0.4, 0.5) is 5.82 Å². The third-order valence-corrected chi connectivity index (χ3v) is 7.14. The Balaban J connectivity index is 1.42. The second-order valence-corrected chi connectivity index (χ2v) is 10.8. The van der Waals surface area contributed by atoms with E-state index in [-0.39, 0.29) is 35.1 Å². The van der Waals surface area contributed by atoms with Crippen LogP contribution in [0.2, 0.25) is 0 Å². The van der Waals surface area contributed by atoms with Crippen LogP contribution < -0.4 is 10.6 Å². The van der Waals surface area contributed by atoms with Crippen molar-refractivity contribution in [2.75, 3.05) is 23.7 Å². The van der Waals surface area contributed by atoms with E-state index >= 15 is 0 Å². The third-order valence-electron chi connectivity index (χ3n) is 6.47. The van der Waals surface area contributed by atoms with Gasteiger partial charge in [-0.15, -0.1) is 4.52 Å². The molecule has 0 radical (unpaired) electrons. The normalized spacial score (nSPS) is 25.7. The molecule has 4 aliphatic heterocycles. The largest absolute Gasteiger partial charge is 0.350 e. The molecule has 2 aromatic heterocycles. The molecule has 3 unspecified atom stereocenters. The molecule has 1 amide bonds. The molecule has 4 aliphatic rings. The number of rotatable bonds is 3. The first kappa shape index (κ1) is 20.5. The van der Waals surface area contributed by atoms with Gasteiger partial charge in [-0.2, -0.15) is 5.11 Å². The Morgan fingerprint density at radius 3 is 2.61 bits per heavy atom. The predicted octanol–water partition coefficient (Wildman–Crippen LogP) is 2.44. The Hall–Kier alpha value is -2.36. The summed E-state index contributed by atoms with van der Waals surface area (Å²) < 4.78 is 7.38. The average Bonchev–Trinajstić information content (AvgIpc) is 3.36. The molecule has 3 fully saturated rings. The van der Waals surface area contributed by atoms with Crippen molar-refractivity contribution in [3.05, 3.63) is 22.6 Å². The Morgan fingerprint density at radius 1 is 1.19 bits per heavy atom. The van der Waals surface area contributed by atoms with Crippen molar-refractivity contribution in [2.24, 2.45) is 22.1 Å². The number of aryl methyl sites for hydroxylation is 1. The quantitative estimate of drug-likeness (QED) is 0.680. The minimum atomic E-state index is -0.329. The molecule has 6 rings (SSSR count). The third kappa shape index (κ3) is 3.54. The van der Waals surface area contributed by atoms with Gasteiger partial charge in [0.25, 0.3) is 5.91 Å². The molecule has 2 aromatic rings. The highest BCUT2D eigenvalue weighted by Crippen LogP contribution is 2.34. The summed E-state index contributed by atoms with van der Waals surface area (Å²) in [6.45, 7) is 8.49. The summed E-state index contributed by atoms with van der Waals surface area (Å²) in [6, 6.07) is 4.12. The van der Waals surface area contributed by atoms with Crippen molar-refractivity contribution in [3.63, 3.8) is 0 Å². The zero-order valence-electron chi connectivity index (χ0n) is 18.5. The summed E-state index contributed by atoms with van der Waals surface area (Å²) >= 11 is 1.36. The Kier molecular flexibility index (Phi) is 4.87. The van der Waals surface area contributed by atoms with Gasteiger partial charge in [0, 0.05) is 50.7 Å². The molecule has 0 N–H and O–H groups in total. The maximum Gasteiger partial charge on any atom is 0.330 e. The minimum absolute atomic E-state index is 0.00378. The number of aromatic nitrogens is 3. The first-order chi connectivity index (χ1) is 14.7. The molecule has 0 spiro atoms. The van der Waals surface area contributed by atoms with Crippen molar-refractivity contribution in [1.29, 1.82) is 0 Å². The highest BCUT2D eigenvalue weighted by atomic mass is 32.2. The molecule has 0 aromatic carbocycles. The monoisotopic (exact) mass is 443 g/mol. The summed E-state index contributed by atoms with van der Waals surface area (Å²) in [6.07, 6.45) is 2.05. The van der Waals surface area contributed by atoms with Crippen LogP contribution in [0.5, 0.6) is 0 Å². The van der Waals surface area contributed by atoms with Crippen LogP contribution in [-0.2, 0) is 18.4 Å². The highest BCUT2D eigenvalue weighted by Gasteiger charge is 2.43. The summed E-state index contributed by atoms with van der Waals surface area (Å²) in [4.78, 5) is 35.0. The van der Waals surface area contributed by atoms with E-state index in [9.17, 15) is 9.59 Å². The van der Waals surface area contributed by atoms with E-state index in [1.54, 1.807) is 11.6 Å². The average molecular weight is 444 g/mol. The number of piperazine rings is 1. The number of hydrogen-bond donors (Lipinski definition) is 0. The van der Waals surface area contributed by atoms with E-state index in [1.807, 2.05) is 21.6 Å². The van der Waals surface area contributed by atoms with Gasteiger partial charge in [-0.25, -0.2) is 9.78 Å². The van der Waals surface area contributed by atoms with E-state index in [4.69, 9.17) is 4.98 Å². The lowest BCUT2D eigenvalue weighted by molar-refractivity contribution is -0.137. The first-order valence-electron chi connectivity index (χ1n) is 10.9. The predicted molar refractivity (Wildman–Crippen MR) is 121 cm³/mol.